The Hall–Kier alpha value is -1.98. The largest absolute Gasteiger partial charge is 0.434 e. The van der Waals surface area contributed by atoms with Gasteiger partial charge in [0.15, 0.2) is 11.8 Å². The Morgan fingerprint density at radius 1 is 1.21 bits per heavy atom. The lowest BCUT2D eigenvalue weighted by Gasteiger charge is -2.15. The van der Waals surface area contributed by atoms with Crippen molar-refractivity contribution in [3.63, 3.8) is 0 Å². The van der Waals surface area contributed by atoms with E-state index in [0.29, 0.717) is 24.6 Å². The van der Waals surface area contributed by atoms with Gasteiger partial charge >= 0.3 is 6.61 Å². The number of guanidine groups is 1. The number of aryl methyl sites for hydroxylation is 2. The van der Waals surface area contributed by atoms with Gasteiger partial charge in [0.2, 0.25) is 0 Å². The molecule has 0 fully saturated rings. The first-order valence-electron chi connectivity index (χ1n) is 9.46. The predicted octanol–water partition coefficient (Wildman–Crippen LogP) is 3.40. The third-order valence-electron chi connectivity index (χ3n) is 4.70. The van der Waals surface area contributed by atoms with Crippen molar-refractivity contribution in [1.29, 1.82) is 0 Å². The molecule has 2 N–H and O–H groups in total. The summed E-state index contributed by atoms with van der Waals surface area (Å²) in [5.74, 6) is 2.62. The lowest BCUT2D eigenvalue weighted by molar-refractivity contribution is -0.0504. The van der Waals surface area contributed by atoms with Crippen LogP contribution in [0.5, 0.6) is 5.75 Å². The van der Waals surface area contributed by atoms with E-state index in [1.165, 1.54) is 6.42 Å². The lowest BCUT2D eigenvalue weighted by atomic mass is 10.1. The van der Waals surface area contributed by atoms with E-state index in [2.05, 4.69) is 35.1 Å². The van der Waals surface area contributed by atoms with E-state index in [1.54, 1.807) is 19.2 Å². The fourth-order valence-electron chi connectivity index (χ4n) is 3.30. The van der Waals surface area contributed by atoms with Crippen LogP contribution in [0, 0.1) is 6.92 Å². The van der Waals surface area contributed by atoms with Crippen LogP contribution < -0.4 is 15.4 Å². The van der Waals surface area contributed by atoms with Gasteiger partial charge in [0.25, 0.3) is 0 Å². The number of rotatable bonds is 6. The third-order valence-corrected chi connectivity index (χ3v) is 4.70. The highest BCUT2D eigenvalue weighted by atomic mass is 127. The first-order valence-corrected chi connectivity index (χ1v) is 9.46. The molecule has 1 aromatic carbocycles. The summed E-state index contributed by atoms with van der Waals surface area (Å²) in [5, 5.41) is 14.9. The van der Waals surface area contributed by atoms with Gasteiger partial charge in [-0.1, -0.05) is 24.1 Å². The van der Waals surface area contributed by atoms with Crippen LogP contribution >= 0.6 is 24.0 Å². The van der Waals surface area contributed by atoms with E-state index in [4.69, 9.17) is 0 Å². The standard InChI is InChI=1S/C19H26F2N6O.HI/c1-13-7-8-15(28-18(20)21)14(10-13)11-23-19(22-2)24-12-17-26-25-16-6-4-3-5-9-27(16)17;/h7-8,10,18H,3-6,9,11-12H2,1-2H3,(H2,22,23,24);1H. The molecular formula is C19H27F2IN6O. The van der Waals surface area contributed by atoms with Gasteiger partial charge in [0, 0.05) is 32.1 Å². The van der Waals surface area contributed by atoms with Gasteiger partial charge in [0.1, 0.15) is 11.6 Å². The van der Waals surface area contributed by atoms with Crippen molar-refractivity contribution in [2.75, 3.05) is 7.05 Å². The number of alkyl halides is 2. The van der Waals surface area contributed by atoms with E-state index in [9.17, 15) is 8.78 Å². The number of benzene rings is 1. The zero-order chi connectivity index (χ0) is 19.9. The zero-order valence-corrected chi connectivity index (χ0v) is 19.0. The van der Waals surface area contributed by atoms with Gasteiger partial charge in [-0.25, -0.2) is 0 Å². The highest BCUT2D eigenvalue weighted by Crippen LogP contribution is 2.22. The second-order valence-electron chi connectivity index (χ2n) is 6.76. The fraction of sp³-hybridized carbons (Fsp3) is 0.526. The van der Waals surface area contributed by atoms with E-state index < -0.39 is 6.61 Å². The molecule has 0 amide bonds. The van der Waals surface area contributed by atoms with Gasteiger partial charge in [-0.15, -0.1) is 34.2 Å². The number of aliphatic imine (C=N–C) groups is 1. The van der Waals surface area contributed by atoms with Crippen molar-refractivity contribution in [2.45, 2.75) is 58.9 Å². The number of aromatic nitrogens is 3. The SMILES string of the molecule is CN=C(NCc1cc(C)ccc1OC(F)F)NCc1nnc2n1CCCCC2.I. The molecule has 0 aliphatic carbocycles. The number of nitrogens with zero attached hydrogens (tertiary/aromatic N) is 4. The van der Waals surface area contributed by atoms with Crippen LogP contribution in [0.2, 0.25) is 0 Å². The van der Waals surface area contributed by atoms with Crippen molar-refractivity contribution in [2.24, 2.45) is 4.99 Å². The number of hydrogen-bond donors (Lipinski definition) is 2. The molecule has 1 aromatic heterocycles. The molecule has 10 heteroatoms. The first-order chi connectivity index (χ1) is 13.6. The first kappa shape index (κ1) is 23.3. The molecule has 0 saturated heterocycles. The smallest absolute Gasteiger partial charge is 0.387 e. The van der Waals surface area contributed by atoms with Crippen LogP contribution in [0.3, 0.4) is 0 Å². The molecule has 0 saturated carbocycles. The molecule has 0 radical (unpaired) electrons. The molecule has 1 aliphatic rings. The Kier molecular flexibility index (Phi) is 9.05. The summed E-state index contributed by atoms with van der Waals surface area (Å²) in [4.78, 5) is 4.19. The summed E-state index contributed by atoms with van der Waals surface area (Å²) in [7, 11) is 1.66. The van der Waals surface area contributed by atoms with Gasteiger partial charge in [0.05, 0.1) is 6.54 Å². The molecule has 0 spiro atoms. The second-order valence-corrected chi connectivity index (χ2v) is 6.76. The van der Waals surface area contributed by atoms with Gasteiger partial charge in [-0.3, -0.25) is 4.99 Å². The highest BCUT2D eigenvalue weighted by molar-refractivity contribution is 14.0. The zero-order valence-electron chi connectivity index (χ0n) is 16.6. The molecule has 2 aromatic rings. The molecule has 7 nitrogen and oxygen atoms in total. The highest BCUT2D eigenvalue weighted by Gasteiger charge is 2.15. The Bertz CT molecular complexity index is 827. The van der Waals surface area contributed by atoms with E-state index in [0.717, 1.165) is 43.0 Å². The molecule has 29 heavy (non-hydrogen) atoms. The molecule has 3 rings (SSSR count). The molecule has 160 valence electrons. The molecule has 1 aliphatic heterocycles. The predicted molar refractivity (Wildman–Crippen MR) is 118 cm³/mol. The average Bonchev–Trinajstić information content (AvgIpc) is 2.90. The van der Waals surface area contributed by atoms with Crippen molar-refractivity contribution in [3.8, 4) is 5.75 Å². The summed E-state index contributed by atoms with van der Waals surface area (Å²) in [5.41, 5.74) is 1.60. The molecular weight excluding hydrogens is 493 g/mol. The average molecular weight is 520 g/mol. The quantitative estimate of drug-likeness (QED) is 0.347. The minimum absolute atomic E-state index is 0. The Labute approximate surface area is 186 Å². The summed E-state index contributed by atoms with van der Waals surface area (Å²) >= 11 is 0. The Morgan fingerprint density at radius 3 is 2.76 bits per heavy atom. The number of halogens is 3. The molecule has 2 heterocycles. The van der Waals surface area contributed by atoms with Crippen molar-refractivity contribution < 1.29 is 13.5 Å². The summed E-state index contributed by atoms with van der Waals surface area (Å²) < 4.78 is 32.0. The van der Waals surface area contributed by atoms with Crippen molar-refractivity contribution in [3.05, 3.63) is 41.0 Å². The summed E-state index contributed by atoms with van der Waals surface area (Å²) in [6.45, 7) is 0.771. The molecule has 0 bridgehead atoms. The maximum absolute atomic E-state index is 12.6. The monoisotopic (exact) mass is 520 g/mol. The second kappa shape index (κ2) is 11.3. The van der Waals surface area contributed by atoms with Crippen LogP contribution in [-0.4, -0.2) is 34.4 Å². The van der Waals surface area contributed by atoms with Crippen LogP contribution in [0.1, 0.15) is 42.0 Å². The Morgan fingerprint density at radius 2 is 2.00 bits per heavy atom. The lowest BCUT2D eigenvalue weighted by Crippen LogP contribution is -2.37. The van der Waals surface area contributed by atoms with Gasteiger partial charge in [-0.2, -0.15) is 8.78 Å². The minimum Gasteiger partial charge on any atom is -0.434 e. The maximum Gasteiger partial charge on any atom is 0.387 e. The van der Waals surface area contributed by atoms with E-state index in [1.807, 2.05) is 13.0 Å². The summed E-state index contributed by atoms with van der Waals surface area (Å²) in [6, 6.07) is 5.11. The van der Waals surface area contributed by atoms with Crippen molar-refractivity contribution in [1.82, 2.24) is 25.4 Å². The third kappa shape index (κ3) is 6.51. The normalized spacial score (nSPS) is 14.0. The molecule has 0 unspecified atom stereocenters. The van der Waals surface area contributed by atoms with Crippen LogP contribution in [0.25, 0.3) is 0 Å². The van der Waals surface area contributed by atoms with Gasteiger partial charge < -0.3 is 19.9 Å². The summed E-state index contributed by atoms with van der Waals surface area (Å²) in [6.07, 6.45) is 4.44. The maximum atomic E-state index is 12.6. The van der Waals surface area contributed by atoms with Crippen LogP contribution in [0.4, 0.5) is 8.78 Å². The van der Waals surface area contributed by atoms with Gasteiger partial charge in [-0.05, 0) is 25.8 Å². The Balaban J connectivity index is 0.00000300. The molecule has 0 atom stereocenters. The fourth-order valence-corrected chi connectivity index (χ4v) is 3.30. The topological polar surface area (TPSA) is 76.4 Å². The van der Waals surface area contributed by atoms with Crippen LogP contribution in [0.15, 0.2) is 23.2 Å². The van der Waals surface area contributed by atoms with Crippen LogP contribution in [-0.2, 0) is 26.1 Å². The number of fused-ring (bicyclic) bond motifs is 1. The van der Waals surface area contributed by atoms with Crippen molar-refractivity contribution >= 4 is 29.9 Å². The number of hydrogen-bond acceptors (Lipinski definition) is 4. The number of nitrogens with one attached hydrogen (secondary N) is 2. The number of ether oxygens (including phenoxy) is 1. The van der Waals surface area contributed by atoms with E-state index in [-0.39, 0.29) is 29.7 Å². The van der Waals surface area contributed by atoms with E-state index >= 15 is 0 Å². The minimum atomic E-state index is -2.86.